The van der Waals surface area contributed by atoms with E-state index in [2.05, 4.69) is 16.0 Å². The quantitative estimate of drug-likeness (QED) is 0.613. The first kappa shape index (κ1) is 12.9. The van der Waals surface area contributed by atoms with Crippen molar-refractivity contribution in [2.45, 2.75) is 32.4 Å². The van der Waals surface area contributed by atoms with E-state index in [9.17, 15) is 9.59 Å². The van der Waals surface area contributed by atoms with E-state index < -0.39 is 12.1 Å². The molecule has 1 heterocycles. The van der Waals surface area contributed by atoms with Gasteiger partial charge in [0, 0.05) is 19.2 Å². The first-order chi connectivity index (χ1) is 7.63. The van der Waals surface area contributed by atoms with E-state index in [4.69, 9.17) is 4.74 Å². The minimum absolute atomic E-state index is 0.204. The van der Waals surface area contributed by atoms with Crippen LogP contribution in [0.4, 0.5) is 4.79 Å². The van der Waals surface area contributed by atoms with Crippen LogP contribution < -0.4 is 16.0 Å². The zero-order chi connectivity index (χ0) is 12.0. The number of hydrogen-bond donors (Lipinski definition) is 3. The van der Waals surface area contributed by atoms with Crippen LogP contribution in [0.2, 0.25) is 0 Å². The van der Waals surface area contributed by atoms with E-state index in [0.717, 1.165) is 13.0 Å². The number of amides is 3. The summed E-state index contributed by atoms with van der Waals surface area (Å²) in [6.45, 7) is 5.37. The summed E-state index contributed by atoms with van der Waals surface area (Å²) in [5.74, 6) is -0.321. The van der Waals surface area contributed by atoms with Crippen LogP contribution in [0.15, 0.2) is 0 Å². The van der Waals surface area contributed by atoms with Gasteiger partial charge in [-0.2, -0.15) is 0 Å². The maximum Gasteiger partial charge on any atom is 0.321 e. The third-order valence-electron chi connectivity index (χ3n) is 2.38. The van der Waals surface area contributed by atoms with Crippen molar-refractivity contribution < 1.29 is 14.3 Å². The molecule has 0 saturated carbocycles. The molecule has 1 fully saturated rings. The molecule has 1 rings (SSSR count). The van der Waals surface area contributed by atoms with Crippen LogP contribution in [-0.4, -0.2) is 43.8 Å². The number of imide groups is 1. The highest BCUT2D eigenvalue weighted by Gasteiger charge is 2.22. The molecule has 3 amide bonds. The van der Waals surface area contributed by atoms with Gasteiger partial charge in [0.1, 0.15) is 0 Å². The number of carbonyl (C=O) groups is 2. The van der Waals surface area contributed by atoms with Crippen molar-refractivity contribution in [3.63, 3.8) is 0 Å². The Morgan fingerprint density at radius 1 is 1.50 bits per heavy atom. The predicted octanol–water partition coefficient (Wildman–Crippen LogP) is -0.401. The van der Waals surface area contributed by atoms with Gasteiger partial charge in [-0.25, -0.2) is 4.79 Å². The molecule has 2 atom stereocenters. The van der Waals surface area contributed by atoms with Crippen LogP contribution in [0.3, 0.4) is 0 Å². The number of hydrogen-bond acceptors (Lipinski definition) is 4. The van der Waals surface area contributed by atoms with E-state index in [-0.39, 0.29) is 11.9 Å². The molecule has 16 heavy (non-hydrogen) atoms. The molecule has 0 spiro atoms. The summed E-state index contributed by atoms with van der Waals surface area (Å²) in [7, 11) is 0. The molecular weight excluding hydrogens is 210 g/mol. The Balaban J connectivity index is 2.26. The van der Waals surface area contributed by atoms with E-state index in [0.29, 0.717) is 13.2 Å². The summed E-state index contributed by atoms with van der Waals surface area (Å²) in [5, 5.41) is 7.87. The van der Waals surface area contributed by atoms with E-state index in [1.807, 2.05) is 0 Å². The second kappa shape index (κ2) is 6.44. The Kier molecular flexibility index (Phi) is 5.21. The molecule has 3 N–H and O–H groups in total. The highest BCUT2D eigenvalue weighted by Crippen LogP contribution is 2.04. The first-order valence-corrected chi connectivity index (χ1v) is 5.56. The van der Waals surface area contributed by atoms with Crippen molar-refractivity contribution in [1.29, 1.82) is 0 Å². The molecule has 0 bridgehead atoms. The third-order valence-corrected chi connectivity index (χ3v) is 2.38. The van der Waals surface area contributed by atoms with E-state index >= 15 is 0 Å². The first-order valence-electron chi connectivity index (χ1n) is 5.56. The molecule has 0 aromatic heterocycles. The van der Waals surface area contributed by atoms with Crippen molar-refractivity contribution in [2.24, 2.45) is 0 Å². The average Bonchev–Trinajstić information content (AvgIpc) is 2.70. The standard InChI is InChI=1S/C10H19N3O3/c1-3-11-10(15)13-9(14)7(2)12-8-4-5-16-6-8/h7-8,12H,3-6H2,1-2H3,(H2,11,13,14,15). The Bertz CT molecular complexity index is 252. The van der Waals surface area contributed by atoms with Gasteiger partial charge in [-0.15, -0.1) is 0 Å². The van der Waals surface area contributed by atoms with Crippen LogP contribution in [-0.2, 0) is 9.53 Å². The largest absolute Gasteiger partial charge is 0.380 e. The Morgan fingerprint density at radius 3 is 2.81 bits per heavy atom. The summed E-state index contributed by atoms with van der Waals surface area (Å²) in [6, 6.07) is -0.645. The lowest BCUT2D eigenvalue weighted by Gasteiger charge is -2.17. The normalized spacial score (nSPS) is 21.5. The summed E-state index contributed by atoms with van der Waals surface area (Å²) >= 11 is 0. The smallest absolute Gasteiger partial charge is 0.321 e. The van der Waals surface area contributed by atoms with Crippen LogP contribution in [0.5, 0.6) is 0 Å². The van der Waals surface area contributed by atoms with Gasteiger partial charge in [0.05, 0.1) is 12.6 Å². The Hall–Kier alpha value is -1.14. The van der Waals surface area contributed by atoms with Gasteiger partial charge in [0.2, 0.25) is 5.91 Å². The molecule has 0 aliphatic carbocycles. The lowest BCUT2D eigenvalue weighted by atomic mass is 10.2. The molecule has 1 aliphatic heterocycles. The van der Waals surface area contributed by atoms with Crippen LogP contribution in [0.1, 0.15) is 20.3 Å². The number of ether oxygens (including phenoxy) is 1. The lowest BCUT2D eigenvalue weighted by molar-refractivity contribution is -0.121. The Morgan fingerprint density at radius 2 is 2.25 bits per heavy atom. The number of nitrogens with one attached hydrogen (secondary N) is 3. The maximum atomic E-state index is 11.5. The van der Waals surface area contributed by atoms with Crippen molar-refractivity contribution >= 4 is 11.9 Å². The minimum Gasteiger partial charge on any atom is -0.380 e. The molecular formula is C10H19N3O3. The fraction of sp³-hybridized carbons (Fsp3) is 0.800. The fourth-order valence-electron chi connectivity index (χ4n) is 1.52. The van der Waals surface area contributed by atoms with Gasteiger partial charge >= 0.3 is 6.03 Å². The van der Waals surface area contributed by atoms with Crippen LogP contribution in [0.25, 0.3) is 0 Å². The van der Waals surface area contributed by atoms with Crippen molar-refractivity contribution in [2.75, 3.05) is 19.8 Å². The van der Waals surface area contributed by atoms with E-state index in [1.165, 1.54) is 0 Å². The van der Waals surface area contributed by atoms with Crippen molar-refractivity contribution in [3.05, 3.63) is 0 Å². The summed E-state index contributed by atoms with van der Waals surface area (Å²) < 4.78 is 5.18. The highest BCUT2D eigenvalue weighted by molar-refractivity contribution is 5.96. The van der Waals surface area contributed by atoms with Gasteiger partial charge in [-0.1, -0.05) is 0 Å². The topological polar surface area (TPSA) is 79.5 Å². The third kappa shape index (κ3) is 4.16. The molecule has 0 aromatic carbocycles. The van der Waals surface area contributed by atoms with Crippen LogP contribution in [0, 0.1) is 0 Å². The summed E-state index contributed by atoms with van der Waals surface area (Å²) in [5.41, 5.74) is 0. The SMILES string of the molecule is CCNC(=O)NC(=O)C(C)NC1CCOC1. The fourth-order valence-corrected chi connectivity index (χ4v) is 1.52. The average molecular weight is 229 g/mol. The van der Waals surface area contributed by atoms with Gasteiger partial charge in [0.25, 0.3) is 0 Å². The zero-order valence-corrected chi connectivity index (χ0v) is 9.71. The second-order valence-electron chi connectivity index (χ2n) is 3.80. The number of urea groups is 1. The number of carbonyl (C=O) groups excluding carboxylic acids is 2. The molecule has 92 valence electrons. The van der Waals surface area contributed by atoms with E-state index in [1.54, 1.807) is 13.8 Å². The molecule has 0 aromatic rings. The van der Waals surface area contributed by atoms with Gasteiger partial charge in [-0.3, -0.25) is 10.1 Å². The maximum absolute atomic E-state index is 11.5. The minimum atomic E-state index is -0.455. The summed E-state index contributed by atoms with van der Waals surface area (Å²) in [4.78, 5) is 22.6. The second-order valence-corrected chi connectivity index (χ2v) is 3.80. The predicted molar refractivity (Wildman–Crippen MR) is 59.0 cm³/mol. The van der Waals surface area contributed by atoms with Crippen LogP contribution >= 0.6 is 0 Å². The molecule has 6 nitrogen and oxygen atoms in total. The highest BCUT2D eigenvalue weighted by atomic mass is 16.5. The summed E-state index contributed by atoms with van der Waals surface area (Å²) in [6.07, 6.45) is 0.902. The Labute approximate surface area is 95.1 Å². The molecule has 1 aliphatic rings. The van der Waals surface area contributed by atoms with Crippen molar-refractivity contribution in [3.8, 4) is 0 Å². The molecule has 0 radical (unpaired) electrons. The number of rotatable bonds is 4. The lowest BCUT2D eigenvalue weighted by Crippen LogP contribution is -2.50. The molecule has 1 saturated heterocycles. The monoisotopic (exact) mass is 229 g/mol. The zero-order valence-electron chi connectivity index (χ0n) is 9.71. The molecule has 2 unspecified atom stereocenters. The molecule has 6 heteroatoms. The van der Waals surface area contributed by atoms with Gasteiger partial charge < -0.3 is 15.4 Å². The van der Waals surface area contributed by atoms with Gasteiger partial charge in [-0.05, 0) is 20.3 Å². The van der Waals surface area contributed by atoms with Crippen molar-refractivity contribution in [1.82, 2.24) is 16.0 Å². The van der Waals surface area contributed by atoms with Gasteiger partial charge in [0.15, 0.2) is 0 Å².